The maximum atomic E-state index is 13.1. The van der Waals surface area contributed by atoms with Gasteiger partial charge >= 0.3 is 0 Å². The van der Waals surface area contributed by atoms with Crippen LogP contribution in [0, 0.1) is 0 Å². The lowest BCUT2D eigenvalue weighted by Crippen LogP contribution is -2.28. The highest BCUT2D eigenvalue weighted by molar-refractivity contribution is 6.48. The van der Waals surface area contributed by atoms with Crippen molar-refractivity contribution in [2.75, 3.05) is 26.1 Å². The van der Waals surface area contributed by atoms with Crippen LogP contribution in [-0.2, 0) is 0 Å². The number of hydrogen-bond acceptors (Lipinski definition) is 6. The number of benzene rings is 1. The summed E-state index contributed by atoms with van der Waals surface area (Å²) in [6.45, 7) is 9.96. The SMILES string of the molecule is COc1cc(N(C)C)ccc1N=C1C(C)=Nn2c1nc(C(C)C)c(C(C)C)c2=O. The molecule has 1 aliphatic rings. The molecule has 0 saturated heterocycles. The standard InChI is InChI=1S/C22H29N5O2/c1-12(2)18-19(13(3)4)24-21-20(14(5)25-27(21)22(18)28)23-16-10-9-15(26(6)7)11-17(16)29-8/h9-13H,1-8H3. The van der Waals surface area contributed by atoms with E-state index >= 15 is 0 Å². The summed E-state index contributed by atoms with van der Waals surface area (Å²) in [5.41, 5.74) is 4.34. The van der Waals surface area contributed by atoms with E-state index in [9.17, 15) is 4.79 Å². The molecule has 1 aromatic heterocycles. The van der Waals surface area contributed by atoms with Crippen molar-refractivity contribution < 1.29 is 4.74 Å². The number of hydrogen-bond donors (Lipinski definition) is 0. The number of fused-ring (bicyclic) bond motifs is 1. The fourth-order valence-electron chi connectivity index (χ4n) is 3.42. The predicted molar refractivity (Wildman–Crippen MR) is 119 cm³/mol. The molecule has 0 saturated carbocycles. The van der Waals surface area contributed by atoms with Crippen molar-refractivity contribution >= 4 is 22.8 Å². The van der Waals surface area contributed by atoms with Crippen molar-refractivity contribution in [3.05, 3.63) is 45.6 Å². The molecule has 0 fully saturated rings. The molecule has 0 spiro atoms. The monoisotopic (exact) mass is 395 g/mol. The Morgan fingerprint density at radius 3 is 2.38 bits per heavy atom. The van der Waals surface area contributed by atoms with Crippen molar-refractivity contribution in [2.45, 2.75) is 46.5 Å². The summed E-state index contributed by atoms with van der Waals surface area (Å²) in [6, 6.07) is 5.81. The van der Waals surface area contributed by atoms with Crippen LogP contribution >= 0.6 is 0 Å². The van der Waals surface area contributed by atoms with Crippen LogP contribution in [0.25, 0.3) is 0 Å². The molecule has 0 unspecified atom stereocenters. The number of aromatic nitrogens is 2. The zero-order valence-corrected chi connectivity index (χ0v) is 18.4. The lowest BCUT2D eigenvalue weighted by Gasteiger charge is -2.16. The van der Waals surface area contributed by atoms with Crippen LogP contribution in [0.1, 0.15) is 63.5 Å². The minimum Gasteiger partial charge on any atom is -0.494 e. The number of ether oxygens (including phenoxy) is 1. The van der Waals surface area contributed by atoms with Crippen LogP contribution in [0.15, 0.2) is 33.1 Å². The van der Waals surface area contributed by atoms with E-state index in [-0.39, 0.29) is 17.4 Å². The van der Waals surface area contributed by atoms with Gasteiger partial charge in [-0.3, -0.25) is 4.79 Å². The molecule has 0 bridgehead atoms. The number of nitrogens with zero attached hydrogens (tertiary/aromatic N) is 5. The lowest BCUT2D eigenvalue weighted by atomic mass is 9.96. The van der Waals surface area contributed by atoms with Crippen LogP contribution in [0.5, 0.6) is 5.75 Å². The van der Waals surface area contributed by atoms with Gasteiger partial charge in [0.25, 0.3) is 5.56 Å². The molecule has 3 rings (SSSR count). The Morgan fingerprint density at radius 1 is 1.14 bits per heavy atom. The fourth-order valence-corrected chi connectivity index (χ4v) is 3.42. The first-order valence-electron chi connectivity index (χ1n) is 9.82. The van der Waals surface area contributed by atoms with E-state index in [1.54, 1.807) is 7.11 Å². The molecule has 0 atom stereocenters. The second-order valence-corrected chi connectivity index (χ2v) is 8.06. The van der Waals surface area contributed by atoms with Gasteiger partial charge in [-0.2, -0.15) is 9.78 Å². The summed E-state index contributed by atoms with van der Waals surface area (Å²) in [7, 11) is 5.57. The first kappa shape index (κ1) is 20.8. The number of methoxy groups -OCH3 is 1. The zero-order valence-electron chi connectivity index (χ0n) is 18.4. The quantitative estimate of drug-likeness (QED) is 0.769. The Bertz CT molecular complexity index is 1060. The molecule has 1 aliphatic heterocycles. The van der Waals surface area contributed by atoms with Crippen molar-refractivity contribution in [3.63, 3.8) is 0 Å². The van der Waals surface area contributed by atoms with Crippen molar-refractivity contribution in [1.82, 2.24) is 9.66 Å². The minimum absolute atomic E-state index is 0.0698. The van der Waals surface area contributed by atoms with E-state index < -0.39 is 0 Å². The van der Waals surface area contributed by atoms with E-state index in [0.29, 0.717) is 28.7 Å². The molecule has 0 amide bonds. The molecule has 1 aromatic carbocycles. The second-order valence-electron chi connectivity index (χ2n) is 8.06. The first-order chi connectivity index (χ1) is 13.6. The third-order valence-electron chi connectivity index (χ3n) is 4.97. The average molecular weight is 396 g/mol. The van der Waals surface area contributed by atoms with Gasteiger partial charge in [0.1, 0.15) is 17.1 Å². The topological polar surface area (TPSA) is 72.1 Å². The van der Waals surface area contributed by atoms with Gasteiger partial charge in [-0.15, -0.1) is 0 Å². The first-order valence-corrected chi connectivity index (χ1v) is 9.82. The number of anilines is 1. The maximum absolute atomic E-state index is 13.1. The normalized spacial score (nSPS) is 14.6. The molecule has 0 aliphatic carbocycles. The summed E-state index contributed by atoms with van der Waals surface area (Å²) >= 11 is 0. The smallest absolute Gasteiger partial charge is 0.278 e. The summed E-state index contributed by atoms with van der Waals surface area (Å²) < 4.78 is 6.93. The highest BCUT2D eigenvalue weighted by atomic mass is 16.5. The van der Waals surface area contributed by atoms with Gasteiger partial charge in [-0.05, 0) is 30.9 Å². The molecule has 2 heterocycles. The van der Waals surface area contributed by atoms with E-state index in [1.807, 2.05) is 71.8 Å². The Labute approximate surface area is 171 Å². The Balaban J connectivity index is 2.21. The zero-order chi connectivity index (χ0) is 21.5. The van der Waals surface area contributed by atoms with E-state index in [1.165, 1.54) is 4.68 Å². The maximum Gasteiger partial charge on any atom is 0.278 e. The minimum atomic E-state index is -0.117. The van der Waals surface area contributed by atoms with Crippen LogP contribution in [0.4, 0.5) is 11.4 Å². The predicted octanol–water partition coefficient (Wildman–Crippen LogP) is 3.92. The van der Waals surface area contributed by atoms with Gasteiger partial charge in [-0.1, -0.05) is 27.7 Å². The van der Waals surface area contributed by atoms with Gasteiger partial charge in [0.15, 0.2) is 5.82 Å². The molecule has 2 aromatic rings. The second kappa shape index (κ2) is 7.81. The van der Waals surface area contributed by atoms with Crippen molar-refractivity contribution in [1.29, 1.82) is 0 Å². The van der Waals surface area contributed by atoms with E-state index in [0.717, 1.165) is 16.9 Å². The van der Waals surface area contributed by atoms with Gasteiger partial charge in [0, 0.05) is 31.4 Å². The third-order valence-corrected chi connectivity index (χ3v) is 4.97. The third kappa shape index (κ3) is 3.69. The molecule has 7 heteroatoms. The summed E-state index contributed by atoms with van der Waals surface area (Å²) in [4.78, 5) is 24.8. The summed E-state index contributed by atoms with van der Waals surface area (Å²) in [6.07, 6.45) is 0. The van der Waals surface area contributed by atoms with Crippen LogP contribution < -0.4 is 15.2 Å². The Hall–Kier alpha value is -2.96. The molecular weight excluding hydrogens is 366 g/mol. The molecule has 0 N–H and O–H groups in total. The van der Waals surface area contributed by atoms with Crippen LogP contribution in [0.3, 0.4) is 0 Å². The van der Waals surface area contributed by atoms with Crippen LogP contribution in [-0.4, -0.2) is 42.3 Å². The Kier molecular flexibility index (Phi) is 5.59. The summed E-state index contributed by atoms with van der Waals surface area (Å²) in [5.74, 6) is 1.34. The van der Waals surface area contributed by atoms with Crippen molar-refractivity contribution in [2.24, 2.45) is 10.1 Å². The number of aliphatic imine (C=N–C) groups is 1. The van der Waals surface area contributed by atoms with Gasteiger partial charge in [-0.25, -0.2) is 9.98 Å². The van der Waals surface area contributed by atoms with Gasteiger partial charge in [0.2, 0.25) is 0 Å². The highest BCUT2D eigenvalue weighted by Crippen LogP contribution is 2.33. The van der Waals surface area contributed by atoms with E-state index in [4.69, 9.17) is 14.7 Å². The largest absolute Gasteiger partial charge is 0.494 e. The molecular formula is C22H29N5O2. The Morgan fingerprint density at radius 2 is 1.83 bits per heavy atom. The molecule has 0 radical (unpaired) electrons. The van der Waals surface area contributed by atoms with Gasteiger partial charge in [0.05, 0.1) is 18.5 Å². The molecule has 29 heavy (non-hydrogen) atoms. The highest BCUT2D eigenvalue weighted by Gasteiger charge is 2.28. The average Bonchev–Trinajstić information content (AvgIpc) is 2.97. The van der Waals surface area contributed by atoms with E-state index in [2.05, 4.69) is 5.10 Å². The summed E-state index contributed by atoms with van der Waals surface area (Å²) in [5, 5.41) is 4.45. The number of rotatable bonds is 5. The van der Waals surface area contributed by atoms with Crippen molar-refractivity contribution in [3.8, 4) is 5.75 Å². The molecule has 7 nitrogen and oxygen atoms in total. The van der Waals surface area contributed by atoms with Crippen LogP contribution in [0.2, 0.25) is 0 Å². The lowest BCUT2D eigenvalue weighted by molar-refractivity contribution is 0.416. The van der Waals surface area contributed by atoms with Gasteiger partial charge < -0.3 is 9.64 Å². The fraction of sp³-hybridized carbons (Fsp3) is 0.455. The molecule has 154 valence electrons.